The van der Waals surface area contributed by atoms with Gasteiger partial charge in [-0.25, -0.2) is 4.79 Å². The van der Waals surface area contributed by atoms with E-state index in [0.29, 0.717) is 18.5 Å². The Hall–Kier alpha value is -2.53. The number of rotatable bonds is 4. The van der Waals surface area contributed by atoms with Gasteiger partial charge in [-0.2, -0.15) is 4.99 Å². The van der Waals surface area contributed by atoms with Gasteiger partial charge >= 0.3 is 6.09 Å². The van der Waals surface area contributed by atoms with Crippen LogP contribution in [0.25, 0.3) is 10.4 Å². The molecule has 21 heavy (non-hydrogen) atoms. The van der Waals surface area contributed by atoms with Gasteiger partial charge in [-0.15, -0.1) is 0 Å². The number of carbonyl (C=O) groups excluding carboxylic acids is 1. The Morgan fingerprint density at radius 3 is 2.48 bits per heavy atom. The van der Waals surface area contributed by atoms with Gasteiger partial charge in [0, 0.05) is 17.0 Å². The van der Waals surface area contributed by atoms with Gasteiger partial charge in [-0.3, -0.25) is 0 Å². The third-order valence-electron chi connectivity index (χ3n) is 2.42. The van der Waals surface area contributed by atoms with Gasteiger partial charge < -0.3 is 10.5 Å². The summed E-state index contributed by atoms with van der Waals surface area (Å²) in [5.41, 5.74) is 15.0. The minimum Gasteiger partial charge on any atom is -0.442 e. The standard InChI is InChI=1S/C14H19N5O2/c1-14(2,3)21-13(20)18-12(15)11-6-4-10(5-7-11)8-9-17-19-16/h4-7H,8-9H2,1-3H3,(H2,15,18,20). The first kappa shape index (κ1) is 16.5. The molecule has 1 rings (SSSR count). The number of amides is 1. The van der Waals surface area contributed by atoms with Crippen LogP contribution in [0, 0.1) is 0 Å². The van der Waals surface area contributed by atoms with Gasteiger partial charge in [-0.05, 0) is 38.3 Å². The van der Waals surface area contributed by atoms with Gasteiger partial charge in [-0.1, -0.05) is 29.4 Å². The summed E-state index contributed by atoms with van der Waals surface area (Å²) in [5, 5.41) is 3.47. The van der Waals surface area contributed by atoms with Crippen LogP contribution in [0.3, 0.4) is 0 Å². The van der Waals surface area contributed by atoms with Crippen molar-refractivity contribution in [3.63, 3.8) is 0 Å². The van der Waals surface area contributed by atoms with E-state index < -0.39 is 11.7 Å². The van der Waals surface area contributed by atoms with Crippen LogP contribution in [-0.4, -0.2) is 24.1 Å². The molecule has 0 heterocycles. The van der Waals surface area contributed by atoms with E-state index in [1.807, 2.05) is 12.1 Å². The first-order valence-corrected chi connectivity index (χ1v) is 6.49. The van der Waals surface area contributed by atoms with E-state index >= 15 is 0 Å². The minimum atomic E-state index is -0.715. The topological polar surface area (TPSA) is 113 Å². The van der Waals surface area contributed by atoms with Crippen molar-refractivity contribution in [2.75, 3.05) is 6.54 Å². The van der Waals surface area contributed by atoms with E-state index in [9.17, 15) is 4.79 Å². The number of nitrogens with zero attached hydrogens (tertiary/aromatic N) is 4. The zero-order chi connectivity index (χ0) is 15.9. The lowest BCUT2D eigenvalue weighted by Crippen LogP contribution is -2.24. The zero-order valence-electron chi connectivity index (χ0n) is 12.4. The van der Waals surface area contributed by atoms with Crippen molar-refractivity contribution in [2.24, 2.45) is 15.8 Å². The molecule has 1 aromatic carbocycles. The van der Waals surface area contributed by atoms with Gasteiger partial charge in [0.2, 0.25) is 0 Å². The predicted octanol–water partition coefficient (Wildman–Crippen LogP) is 3.18. The molecular formula is C14H19N5O2. The van der Waals surface area contributed by atoms with E-state index in [4.69, 9.17) is 16.0 Å². The van der Waals surface area contributed by atoms with Gasteiger partial charge in [0.25, 0.3) is 0 Å². The normalized spacial score (nSPS) is 11.7. The van der Waals surface area contributed by atoms with Crippen molar-refractivity contribution in [1.29, 1.82) is 0 Å². The minimum absolute atomic E-state index is 0.103. The fourth-order valence-electron chi connectivity index (χ4n) is 1.51. The highest BCUT2D eigenvalue weighted by Crippen LogP contribution is 2.09. The van der Waals surface area contributed by atoms with E-state index in [-0.39, 0.29) is 5.84 Å². The van der Waals surface area contributed by atoms with Gasteiger partial charge in [0.1, 0.15) is 11.4 Å². The molecule has 0 fully saturated rings. The Bertz CT molecular complexity index is 566. The van der Waals surface area contributed by atoms with Crippen LogP contribution >= 0.6 is 0 Å². The molecule has 0 unspecified atom stereocenters. The molecule has 0 aliphatic carbocycles. The average molecular weight is 289 g/mol. The predicted molar refractivity (Wildman–Crippen MR) is 81.1 cm³/mol. The van der Waals surface area contributed by atoms with E-state index in [2.05, 4.69) is 15.0 Å². The van der Waals surface area contributed by atoms with Crippen LogP contribution in [0.1, 0.15) is 31.9 Å². The summed E-state index contributed by atoms with van der Waals surface area (Å²) in [4.78, 5) is 17.9. The molecule has 0 bridgehead atoms. The number of hydrogen-bond donors (Lipinski definition) is 1. The molecule has 7 nitrogen and oxygen atoms in total. The molecule has 1 aromatic rings. The molecule has 7 heteroatoms. The summed E-state index contributed by atoms with van der Waals surface area (Å²) in [7, 11) is 0. The molecular weight excluding hydrogens is 270 g/mol. The second-order valence-electron chi connectivity index (χ2n) is 5.38. The maximum Gasteiger partial charge on any atom is 0.436 e. The summed E-state index contributed by atoms with van der Waals surface area (Å²) < 4.78 is 5.07. The molecule has 1 amide bonds. The van der Waals surface area contributed by atoms with Crippen molar-refractivity contribution in [2.45, 2.75) is 32.8 Å². The smallest absolute Gasteiger partial charge is 0.436 e. The molecule has 0 saturated heterocycles. The fourth-order valence-corrected chi connectivity index (χ4v) is 1.51. The quantitative estimate of drug-likeness (QED) is 0.302. The van der Waals surface area contributed by atoms with Gasteiger partial charge in [0.15, 0.2) is 0 Å². The van der Waals surface area contributed by atoms with E-state index in [1.54, 1.807) is 32.9 Å². The Labute approximate surface area is 123 Å². The number of azide groups is 1. The molecule has 0 aliphatic rings. The van der Waals surface area contributed by atoms with Crippen LogP contribution in [0.2, 0.25) is 0 Å². The fraction of sp³-hybridized carbons (Fsp3) is 0.429. The molecule has 0 radical (unpaired) electrons. The Morgan fingerprint density at radius 2 is 1.95 bits per heavy atom. The number of hydrogen-bond acceptors (Lipinski definition) is 3. The first-order valence-electron chi connectivity index (χ1n) is 6.49. The highest BCUT2D eigenvalue weighted by molar-refractivity contribution is 6.02. The van der Waals surface area contributed by atoms with Crippen LogP contribution in [0.4, 0.5) is 4.79 Å². The Kier molecular flexibility index (Phi) is 5.75. The second-order valence-corrected chi connectivity index (χ2v) is 5.38. The largest absolute Gasteiger partial charge is 0.442 e. The van der Waals surface area contributed by atoms with Crippen LogP contribution < -0.4 is 5.73 Å². The lowest BCUT2D eigenvalue weighted by Gasteiger charge is -2.17. The number of amidine groups is 1. The SMILES string of the molecule is CC(C)(C)OC(=O)N=C(N)c1ccc(CCN=[N+]=[N-])cc1. The summed E-state index contributed by atoms with van der Waals surface area (Å²) in [6, 6.07) is 7.21. The summed E-state index contributed by atoms with van der Waals surface area (Å²) in [6.45, 7) is 5.68. The van der Waals surface area contributed by atoms with E-state index in [1.165, 1.54) is 0 Å². The third-order valence-corrected chi connectivity index (χ3v) is 2.42. The van der Waals surface area contributed by atoms with Crippen molar-refractivity contribution in [3.05, 3.63) is 45.8 Å². The molecule has 0 spiro atoms. The highest BCUT2D eigenvalue weighted by Gasteiger charge is 2.16. The maximum atomic E-state index is 11.5. The third kappa shape index (κ3) is 6.44. The summed E-state index contributed by atoms with van der Waals surface area (Å²) in [6.07, 6.45) is -0.0691. The van der Waals surface area contributed by atoms with Gasteiger partial charge in [0.05, 0.1) is 0 Å². The molecule has 112 valence electrons. The van der Waals surface area contributed by atoms with Crippen molar-refractivity contribution >= 4 is 11.9 Å². The molecule has 2 N–H and O–H groups in total. The second kappa shape index (κ2) is 7.31. The lowest BCUT2D eigenvalue weighted by atomic mass is 10.1. The lowest BCUT2D eigenvalue weighted by molar-refractivity contribution is 0.0604. The van der Waals surface area contributed by atoms with Crippen molar-refractivity contribution in [1.82, 2.24) is 0 Å². The number of benzene rings is 1. The number of carbonyl (C=O) groups is 1. The highest BCUT2D eigenvalue weighted by atomic mass is 16.6. The molecule has 0 atom stereocenters. The summed E-state index contributed by atoms with van der Waals surface area (Å²) >= 11 is 0. The summed E-state index contributed by atoms with van der Waals surface area (Å²) in [5.74, 6) is 0.103. The first-order chi connectivity index (χ1) is 9.81. The zero-order valence-corrected chi connectivity index (χ0v) is 12.4. The Balaban J connectivity index is 2.72. The monoisotopic (exact) mass is 289 g/mol. The number of aliphatic imine (C=N–C) groups is 1. The van der Waals surface area contributed by atoms with Crippen molar-refractivity contribution < 1.29 is 9.53 Å². The molecule has 0 aliphatic heterocycles. The van der Waals surface area contributed by atoms with Crippen molar-refractivity contribution in [3.8, 4) is 0 Å². The Morgan fingerprint density at radius 1 is 1.33 bits per heavy atom. The maximum absolute atomic E-state index is 11.5. The van der Waals surface area contributed by atoms with Crippen LogP contribution in [0.5, 0.6) is 0 Å². The van der Waals surface area contributed by atoms with Crippen LogP contribution in [0.15, 0.2) is 34.4 Å². The number of ether oxygens (including phenoxy) is 1. The van der Waals surface area contributed by atoms with E-state index in [0.717, 1.165) is 5.56 Å². The number of nitrogens with two attached hydrogens (primary N) is 1. The average Bonchev–Trinajstić information content (AvgIpc) is 2.37. The van der Waals surface area contributed by atoms with Crippen LogP contribution in [-0.2, 0) is 11.2 Å². The molecule has 0 saturated carbocycles. The molecule has 0 aromatic heterocycles.